The second kappa shape index (κ2) is 3.78. The van der Waals surface area contributed by atoms with Gasteiger partial charge < -0.3 is 5.11 Å². The van der Waals surface area contributed by atoms with Gasteiger partial charge >= 0.3 is 5.97 Å². The van der Waals surface area contributed by atoms with Gasteiger partial charge in [0.2, 0.25) is 0 Å². The lowest BCUT2D eigenvalue weighted by Crippen LogP contribution is -2.02. The first-order chi connectivity index (χ1) is 7.53. The Balaban J connectivity index is 2.08. The fourth-order valence-corrected chi connectivity index (χ4v) is 2.29. The average Bonchev–Trinajstić information content (AvgIpc) is 2.79. The zero-order valence-corrected chi connectivity index (χ0v) is 9.55. The molecule has 0 saturated heterocycles. The van der Waals surface area contributed by atoms with Crippen molar-refractivity contribution in [2.24, 2.45) is 17.3 Å². The summed E-state index contributed by atoms with van der Waals surface area (Å²) < 4.78 is 0. The van der Waals surface area contributed by atoms with Crippen molar-refractivity contribution in [3.63, 3.8) is 0 Å². The quantitative estimate of drug-likeness (QED) is 0.843. The largest absolute Gasteiger partial charge is 0.481 e. The maximum absolute atomic E-state index is 11.0. The van der Waals surface area contributed by atoms with Gasteiger partial charge in [-0.05, 0) is 16.9 Å². The summed E-state index contributed by atoms with van der Waals surface area (Å²) in [6, 6.07) is 9.96. The normalized spacial score (nSPS) is 26.9. The molecule has 0 spiro atoms. The number of hydrogen-bond acceptors (Lipinski definition) is 1. The van der Waals surface area contributed by atoms with Crippen LogP contribution in [0.5, 0.6) is 0 Å². The number of rotatable bonds is 3. The fourth-order valence-electron chi connectivity index (χ4n) is 2.29. The monoisotopic (exact) mass is 216 g/mol. The highest BCUT2D eigenvalue weighted by atomic mass is 16.4. The third-order valence-corrected chi connectivity index (χ3v) is 3.47. The van der Waals surface area contributed by atoms with Crippen LogP contribution in [0.1, 0.15) is 19.4 Å². The molecular formula is C14H16O2. The topological polar surface area (TPSA) is 37.3 Å². The van der Waals surface area contributed by atoms with E-state index in [1.807, 2.05) is 56.3 Å². The minimum atomic E-state index is -0.687. The van der Waals surface area contributed by atoms with Crippen molar-refractivity contribution in [3.8, 4) is 0 Å². The van der Waals surface area contributed by atoms with E-state index in [1.165, 1.54) is 0 Å². The third-order valence-electron chi connectivity index (χ3n) is 3.47. The summed E-state index contributed by atoms with van der Waals surface area (Å²) in [6.45, 7) is 4.01. The summed E-state index contributed by atoms with van der Waals surface area (Å²) in [5.74, 6) is -0.759. The Morgan fingerprint density at radius 1 is 1.31 bits per heavy atom. The maximum Gasteiger partial charge on any atom is 0.307 e. The molecular weight excluding hydrogens is 200 g/mol. The summed E-state index contributed by atoms with van der Waals surface area (Å²) in [6.07, 6.45) is 4.03. The SMILES string of the molecule is CC1(C)C(/C=C/c2ccccc2)C1C(=O)O. The van der Waals surface area contributed by atoms with E-state index in [9.17, 15) is 4.79 Å². The summed E-state index contributed by atoms with van der Waals surface area (Å²) in [4.78, 5) is 11.0. The molecule has 1 aliphatic carbocycles. The maximum atomic E-state index is 11.0. The predicted octanol–water partition coefficient (Wildman–Crippen LogP) is 3.06. The minimum absolute atomic E-state index is 0.100. The molecule has 0 amide bonds. The smallest absolute Gasteiger partial charge is 0.307 e. The van der Waals surface area contributed by atoms with Crippen LogP contribution in [0.25, 0.3) is 6.08 Å². The highest BCUT2D eigenvalue weighted by Gasteiger charge is 2.60. The van der Waals surface area contributed by atoms with Gasteiger partial charge in [-0.15, -0.1) is 0 Å². The van der Waals surface area contributed by atoms with E-state index in [1.54, 1.807) is 0 Å². The lowest BCUT2D eigenvalue weighted by molar-refractivity contribution is -0.139. The van der Waals surface area contributed by atoms with Gasteiger partial charge in [-0.1, -0.05) is 56.3 Å². The minimum Gasteiger partial charge on any atom is -0.481 e. The molecule has 1 aliphatic rings. The van der Waals surface area contributed by atoms with Crippen molar-refractivity contribution in [2.75, 3.05) is 0 Å². The van der Waals surface area contributed by atoms with E-state index < -0.39 is 5.97 Å². The zero-order chi connectivity index (χ0) is 11.8. The van der Waals surface area contributed by atoms with E-state index in [2.05, 4.69) is 0 Å². The second-order valence-electron chi connectivity index (χ2n) is 4.93. The van der Waals surface area contributed by atoms with Gasteiger partial charge in [-0.3, -0.25) is 4.79 Å². The standard InChI is InChI=1S/C14H16O2/c1-14(2)11(12(14)13(15)16)9-8-10-6-4-3-5-7-10/h3-9,11-12H,1-2H3,(H,15,16)/b9-8+. The zero-order valence-electron chi connectivity index (χ0n) is 9.55. The number of aliphatic carboxylic acids is 1. The number of allylic oxidation sites excluding steroid dienone is 1. The summed E-state index contributed by atoms with van der Waals surface area (Å²) in [7, 11) is 0. The van der Waals surface area contributed by atoms with Crippen LogP contribution in [0.3, 0.4) is 0 Å². The van der Waals surface area contributed by atoms with Gasteiger partial charge in [-0.25, -0.2) is 0 Å². The first-order valence-electron chi connectivity index (χ1n) is 5.49. The third kappa shape index (κ3) is 1.87. The molecule has 0 bridgehead atoms. The van der Waals surface area contributed by atoms with E-state index in [4.69, 9.17) is 5.11 Å². The molecule has 1 fully saturated rings. The highest BCUT2D eigenvalue weighted by Crippen LogP contribution is 2.59. The Hall–Kier alpha value is -1.57. The first kappa shape index (κ1) is 10.9. The van der Waals surface area contributed by atoms with Crippen LogP contribution < -0.4 is 0 Å². The van der Waals surface area contributed by atoms with Gasteiger partial charge in [0.05, 0.1) is 5.92 Å². The van der Waals surface area contributed by atoms with Crippen molar-refractivity contribution < 1.29 is 9.90 Å². The molecule has 0 aromatic heterocycles. The lowest BCUT2D eigenvalue weighted by Gasteiger charge is -1.96. The van der Waals surface area contributed by atoms with E-state index in [-0.39, 0.29) is 17.3 Å². The van der Waals surface area contributed by atoms with Crippen LogP contribution >= 0.6 is 0 Å². The Labute approximate surface area is 95.6 Å². The molecule has 1 saturated carbocycles. The van der Waals surface area contributed by atoms with Crippen molar-refractivity contribution in [2.45, 2.75) is 13.8 Å². The van der Waals surface area contributed by atoms with Crippen LogP contribution in [-0.4, -0.2) is 11.1 Å². The second-order valence-corrected chi connectivity index (χ2v) is 4.93. The molecule has 2 atom stereocenters. The number of carbonyl (C=O) groups is 1. The molecule has 2 nitrogen and oxygen atoms in total. The highest BCUT2D eigenvalue weighted by molar-refractivity contribution is 5.76. The summed E-state index contributed by atoms with van der Waals surface area (Å²) in [5, 5.41) is 9.02. The van der Waals surface area contributed by atoms with Gasteiger partial charge in [0.15, 0.2) is 0 Å². The molecule has 2 heteroatoms. The first-order valence-corrected chi connectivity index (χ1v) is 5.49. The van der Waals surface area contributed by atoms with Gasteiger partial charge in [-0.2, -0.15) is 0 Å². The summed E-state index contributed by atoms with van der Waals surface area (Å²) >= 11 is 0. The Bertz CT molecular complexity index is 418. The number of carboxylic acids is 1. The molecule has 0 radical (unpaired) electrons. The van der Waals surface area contributed by atoms with Crippen molar-refractivity contribution in [1.29, 1.82) is 0 Å². The molecule has 1 aromatic carbocycles. The van der Waals surface area contributed by atoms with Crippen LogP contribution in [0.15, 0.2) is 36.4 Å². The van der Waals surface area contributed by atoms with Gasteiger partial charge in [0.1, 0.15) is 0 Å². The fraction of sp³-hybridized carbons (Fsp3) is 0.357. The van der Waals surface area contributed by atoms with Crippen molar-refractivity contribution >= 4 is 12.0 Å². The van der Waals surface area contributed by atoms with Crippen LogP contribution in [-0.2, 0) is 4.79 Å². The van der Waals surface area contributed by atoms with Crippen molar-refractivity contribution in [3.05, 3.63) is 42.0 Å². The number of benzene rings is 1. The molecule has 2 rings (SSSR count). The lowest BCUT2D eigenvalue weighted by atomic mass is 10.1. The Morgan fingerprint density at radius 3 is 2.44 bits per heavy atom. The Morgan fingerprint density at radius 2 is 1.94 bits per heavy atom. The van der Waals surface area contributed by atoms with Crippen LogP contribution in [0.4, 0.5) is 0 Å². The molecule has 16 heavy (non-hydrogen) atoms. The number of carboxylic acid groups (broad SMARTS) is 1. The van der Waals surface area contributed by atoms with E-state index in [0.29, 0.717) is 0 Å². The number of hydrogen-bond donors (Lipinski definition) is 1. The van der Waals surface area contributed by atoms with Gasteiger partial charge in [0, 0.05) is 0 Å². The molecule has 0 heterocycles. The van der Waals surface area contributed by atoms with E-state index in [0.717, 1.165) is 5.56 Å². The summed E-state index contributed by atoms with van der Waals surface area (Å²) in [5.41, 5.74) is 1.02. The van der Waals surface area contributed by atoms with Crippen molar-refractivity contribution in [1.82, 2.24) is 0 Å². The average molecular weight is 216 g/mol. The Kier molecular flexibility index (Phi) is 2.58. The molecule has 1 aromatic rings. The molecule has 1 N–H and O–H groups in total. The predicted molar refractivity (Wildman–Crippen MR) is 63.9 cm³/mol. The molecule has 0 aliphatic heterocycles. The van der Waals surface area contributed by atoms with Gasteiger partial charge in [0.25, 0.3) is 0 Å². The molecule has 2 unspecified atom stereocenters. The molecule has 84 valence electrons. The van der Waals surface area contributed by atoms with Crippen LogP contribution in [0.2, 0.25) is 0 Å². The van der Waals surface area contributed by atoms with E-state index >= 15 is 0 Å². The van der Waals surface area contributed by atoms with Crippen LogP contribution in [0, 0.1) is 17.3 Å².